The van der Waals surface area contributed by atoms with E-state index in [1.165, 1.54) is 23.4 Å². The number of carbonyl (C=O) groups is 1. The minimum absolute atomic E-state index is 0.0673. The highest BCUT2D eigenvalue weighted by atomic mass is 35.5. The van der Waals surface area contributed by atoms with Crippen LogP contribution in [0, 0.1) is 17.7 Å². The normalized spacial score (nSPS) is 22.9. The number of halogens is 3. The van der Waals surface area contributed by atoms with Crippen molar-refractivity contribution >= 4 is 29.1 Å². The minimum atomic E-state index is -0.290. The van der Waals surface area contributed by atoms with Crippen LogP contribution in [-0.2, 0) is 24.1 Å². The fourth-order valence-corrected chi connectivity index (χ4v) is 5.54. The predicted octanol–water partition coefficient (Wildman–Crippen LogP) is 5.37. The van der Waals surface area contributed by atoms with Crippen molar-refractivity contribution in [2.75, 3.05) is 0 Å². The van der Waals surface area contributed by atoms with Crippen LogP contribution >= 0.6 is 23.2 Å². The van der Waals surface area contributed by atoms with Crippen molar-refractivity contribution in [3.63, 3.8) is 0 Å². The molecule has 0 saturated carbocycles. The highest BCUT2D eigenvalue weighted by Gasteiger charge is 2.38. The number of aromatic nitrogens is 2. The molecule has 1 saturated heterocycles. The van der Waals surface area contributed by atoms with Crippen LogP contribution in [-0.4, -0.2) is 22.1 Å². The van der Waals surface area contributed by atoms with Crippen molar-refractivity contribution < 1.29 is 9.18 Å². The average molecular weight is 458 g/mol. The predicted molar refractivity (Wildman–Crippen MR) is 120 cm³/mol. The summed E-state index contributed by atoms with van der Waals surface area (Å²) in [5.41, 5.74) is 4.93. The summed E-state index contributed by atoms with van der Waals surface area (Å²) in [6.07, 6.45) is 6.14. The number of H-pyrrole nitrogens is 1. The Morgan fingerprint density at radius 1 is 1.10 bits per heavy atom. The van der Waals surface area contributed by atoms with Crippen LogP contribution in [0.15, 0.2) is 42.6 Å². The smallest absolute Gasteiger partial charge is 0.223 e. The van der Waals surface area contributed by atoms with Crippen LogP contribution in [0.3, 0.4) is 0 Å². The van der Waals surface area contributed by atoms with Crippen molar-refractivity contribution in [2.45, 2.75) is 38.1 Å². The van der Waals surface area contributed by atoms with Gasteiger partial charge in [0.25, 0.3) is 0 Å². The molecule has 2 aliphatic rings. The second-order valence-electron chi connectivity index (χ2n) is 8.55. The number of carbonyl (C=O) groups excluding carboxylic acids is 1. The van der Waals surface area contributed by atoms with E-state index in [4.69, 9.17) is 23.2 Å². The van der Waals surface area contributed by atoms with E-state index in [0.717, 1.165) is 42.4 Å². The van der Waals surface area contributed by atoms with E-state index < -0.39 is 0 Å². The van der Waals surface area contributed by atoms with Crippen LogP contribution in [0.1, 0.15) is 29.7 Å². The SMILES string of the molecule is O=C1N[C@H](C2CCc3[nH]ncc3C2)C[C@H]1Cc1c(Cl)cc(-c2ccc(F)cc2)cc1Cl. The Labute approximate surface area is 190 Å². The molecule has 2 N–H and O–H groups in total. The number of rotatable bonds is 4. The van der Waals surface area contributed by atoms with Gasteiger partial charge in [0.15, 0.2) is 0 Å². The van der Waals surface area contributed by atoms with Crippen LogP contribution in [0.25, 0.3) is 11.1 Å². The van der Waals surface area contributed by atoms with E-state index in [0.29, 0.717) is 22.4 Å². The van der Waals surface area contributed by atoms with Crippen LogP contribution in [0.4, 0.5) is 4.39 Å². The summed E-state index contributed by atoms with van der Waals surface area (Å²) < 4.78 is 13.2. The van der Waals surface area contributed by atoms with Gasteiger partial charge in [0, 0.05) is 27.7 Å². The Balaban J connectivity index is 1.31. The summed E-state index contributed by atoms with van der Waals surface area (Å²) in [5.74, 6) is 0.0484. The monoisotopic (exact) mass is 457 g/mol. The number of fused-ring (bicyclic) bond motifs is 1. The molecule has 1 unspecified atom stereocenters. The van der Waals surface area contributed by atoms with Gasteiger partial charge >= 0.3 is 0 Å². The maximum atomic E-state index is 13.2. The van der Waals surface area contributed by atoms with Gasteiger partial charge < -0.3 is 5.32 Å². The summed E-state index contributed by atoms with van der Waals surface area (Å²) in [4.78, 5) is 12.7. The summed E-state index contributed by atoms with van der Waals surface area (Å²) >= 11 is 13.1. The number of aryl methyl sites for hydroxylation is 1. The summed E-state index contributed by atoms with van der Waals surface area (Å²) in [5, 5.41) is 11.5. The van der Waals surface area contributed by atoms with E-state index in [2.05, 4.69) is 15.5 Å². The molecule has 3 aromatic rings. The lowest BCUT2D eigenvalue weighted by Crippen LogP contribution is -2.35. The second kappa shape index (κ2) is 8.29. The second-order valence-corrected chi connectivity index (χ2v) is 9.37. The van der Waals surface area contributed by atoms with Gasteiger partial charge in [0.2, 0.25) is 5.91 Å². The Morgan fingerprint density at radius 3 is 2.58 bits per heavy atom. The van der Waals surface area contributed by atoms with E-state index in [-0.39, 0.29) is 23.7 Å². The third kappa shape index (κ3) is 4.09. The van der Waals surface area contributed by atoms with Gasteiger partial charge in [-0.15, -0.1) is 0 Å². The van der Waals surface area contributed by atoms with Crippen molar-refractivity contribution in [1.82, 2.24) is 15.5 Å². The Morgan fingerprint density at radius 2 is 1.84 bits per heavy atom. The molecule has 2 heterocycles. The lowest BCUT2D eigenvalue weighted by atomic mass is 9.81. The fraction of sp³-hybridized carbons (Fsp3) is 0.333. The van der Waals surface area contributed by atoms with Gasteiger partial charge in [-0.3, -0.25) is 9.89 Å². The molecule has 1 aliphatic carbocycles. The van der Waals surface area contributed by atoms with E-state index in [9.17, 15) is 9.18 Å². The number of hydrogen-bond acceptors (Lipinski definition) is 2. The number of amides is 1. The van der Waals surface area contributed by atoms with Crippen molar-refractivity contribution in [1.29, 1.82) is 0 Å². The Bertz CT molecular complexity index is 1110. The molecule has 7 heteroatoms. The maximum Gasteiger partial charge on any atom is 0.223 e. The molecule has 4 nitrogen and oxygen atoms in total. The molecule has 0 spiro atoms. The van der Waals surface area contributed by atoms with E-state index >= 15 is 0 Å². The Hall–Kier alpha value is -2.37. The number of hydrogen-bond donors (Lipinski definition) is 2. The van der Waals surface area contributed by atoms with E-state index in [1.807, 2.05) is 18.3 Å². The summed E-state index contributed by atoms with van der Waals surface area (Å²) in [7, 11) is 0. The van der Waals surface area contributed by atoms with Gasteiger partial charge in [-0.2, -0.15) is 5.10 Å². The van der Waals surface area contributed by atoms with E-state index in [1.54, 1.807) is 12.1 Å². The van der Waals surface area contributed by atoms with Crippen molar-refractivity contribution in [3.05, 3.63) is 75.3 Å². The first kappa shape index (κ1) is 20.5. The molecule has 1 fully saturated rings. The number of benzene rings is 2. The van der Waals surface area contributed by atoms with Gasteiger partial charge in [-0.1, -0.05) is 35.3 Å². The highest BCUT2D eigenvalue weighted by molar-refractivity contribution is 6.36. The molecule has 3 atom stereocenters. The first-order valence-corrected chi connectivity index (χ1v) is 11.3. The molecule has 31 heavy (non-hydrogen) atoms. The summed E-state index contributed by atoms with van der Waals surface area (Å²) in [6.45, 7) is 0. The molecule has 1 amide bonds. The maximum absolute atomic E-state index is 13.2. The van der Waals surface area contributed by atoms with Gasteiger partial charge in [-0.25, -0.2) is 4.39 Å². The largest absolute Gasteiger partial charge is 0.353 e. The average Bonchev–Trinajstić information content (AvgIpc) is 3.37. The zero-order valence-electron chi connectivity index (χ0n) is 16.8. The molecule has 1 aliphatic heterocycles. The molecule has 5 rings (SSSR count). The fourth-order valence-electron chi connectivity index (χ4n) is 4.90. The lowest BCUT2D eigenvalue weighted by Gasteiger charge is -2.27. The van der Waals surface area contributed by atoms with Gasteiger partial charge in [-0.05, 0) is 84.5 Å². The Kier molecular flexibility index (Phi) is 5.49. The van der Waals surface area contributed by atoms with Gasteiger partial charge in [0.1, 0.15) is 5.82 Å². The molecular weight excluding hydrogens is 436 g/mol. The molecular formula is C24H22Cl2FN3O. The number of nitrogens with zero attached hydrogens (tertiary/aromatic N) is 1. The molecule has 160 valence electrons. The first-order chi connectivity index (χ1) is 15.0. The molecule has 0 radical (unpaired) electrons. The highest BCUT2D eigenvalue weighted by Crippen LogP contribution is 2.37. The third-order valence-electron chi connectivity index (χ3n) is 6.63. The molecule has 0 bridgehead atoms. The quantitative estimate of drug-likeness (QED) is 0.552. The molecule has 2 aromatic carbocycles. The van der Waals surface area contributed by atoms with Crippen LogP contribution < -0.4 is 5.32 Å². The summed E-state index contributed by atoms with van der Waals surface area (Å²) in [6, 6.07) is 10.0. The van der Waals surface area contributed by atoms with Crippen LogP contribution in [0.5, 0.6) is 0 Å². The van der Waals surface area contributed by atoms with Gasteiger partial charge in [0.05, 0.1) is 6.20 Å². The topological polar surface area (TPSA) is 57.8 Å². The zero-order chi connectivity index (χ0) is 21.5. The third-order valence-corrected chi connectivity index (χ3v) is 7.30. The standard InChI is InChI=1S/C24H22Cl2FN3O/c25-20-9-15(13-1-4-18(27)5-2-13)10-21(26)19(20)8-16-11-23(29-24(16)31)14-3-6-22-17(7-14)12-28-30-22/h1-2,4-5,9-10,12,14,16,23H,3,6-8,11H2,(H,28,30)(H,29,31)/t14?,16-,23+/m1/s1. The lowest BCUT2D eigenvalue weighted by molar-refractivity contribution is -0.122. The minimum Gasteiger partial charge on any atom is -0.353 e. The zero-order valence-corrected chi connectivity index (χ0v) is 18.3. The number of aromatic amines is 1. The molecule has 1 aromatic heterocycles. The van der Waals surface area contributed by atoms with Crippen molar-refractivity contribution in [2.24, 2.45) is 11.8 Å². The van der Waals surface area contributed by atoms with Crippen molar-refractivity contribution in [3.8, 4) is 11.1 Å². The number of nitrogens with one attached hydrogen (secondary N) is 2. The first-order valence-electron chi connectivity index (χ1n) is 10.5. The van der Waals surface area contributed by atoms with Crippen LogP contribution in [0.2, 0.25) is 10.0 Å².